The van der Waals surface area contributed by atoms with Gasteiger partial charge in [-0.3, -0.25) is 10.1 Å². The number of rotatable bonds is 6. The Hall–Kier alpha value is -3.02. The lowest BCUT2D eigenvalue weighted by atomic mass is 10.2. The SMILES string of the molecule is N#Cc1ccc(CSc2nnc(NC(=O)C=Cc3cccc(F)c3)s2)cc1. The van der Waals surface area contributed by atoms with Crippen molar-refractivity contribution in [3.8, 4) is 6.07 Å². The van der Waals surface area contributed by atoms with Crippen LogP contribution in [0.1, 0.15) is 16.7 Å². The van der Waals surface area contributed by atoms with Gasteiger partial charge in [0.25, 0.3) is 0 Å². The molecule has 0 atom stereocenters. The summed E-state index contributed by atoms with van der Waals surface area (Å²) in [5, 5.41) is 19.8. The molecule has 3 rings (SSSR count). The molecule has 134 valence electrons. The van der Waals surface area contributed by atoms with Crippen molar-refractivity contribution in [2.75, 3.05) is 5.32 Å². The molecule has 8 heteroatoms. The molecule has 0 saturated carbocycles. The number of amides is 1. The van der Waals surface area contributed by atoms with Gasteiger partial charge < -0.3 is 0 Å². The van der Waals surface area contributed by atoms with Crippen LogP contribution in [0.25, 0.3) is 6.08 Å². The highest BCUT2D eigenvalue weighted by molar-refractivity contribution is 8.00. The first-order valence-electron chi connectivity index (χ1n) is 7.82. The van der Waals surface area contributed by atoms with Crippen molar-refractivity contribution in [2.45, 2.75) is 10.1 Å². The third-order valence-corrected chi connectivity index (χ3v) is 5.40. The Morgan fingerprint density at radius 2 is 2.07 bits per heavy atom. The molecule has 1 heterocycles. The van der Waals surface area contributed by atoms with Crippen LogP contribution >= 0.6 is 23.1 Å². The first-order chi connectivity index (χ1) is 13.1. The summed E-state index contributed by atoms with van der Waals surface area (Å²) >= 11 is 2.77. The van der Waals surface area contributed by atoms with E-state index in [4.69, 9.17) is 5.26 Å². The average molecular weight is 396 g/mol. The van der Waals surface area contributed by atoms with E-state index in [-0.39, 0.29) is 11.7 Å². The highest BCUT2D eigenvalue weighted by atomic mass is 32.2. The highest BCUT2D eigenvalue weighted by Gasteiger charge is 2.07. The van der Waals surface area contributed by atoms with Crippen LogP contribution < -0.4 is 5.32 Å². The second-order valence-electron chi connectivity index (χ2n) is 5.35. The van der Waals surface area contributed by atoms with Gasteiger partial charge in [0, 0.05) is 11.8 Å². The van der Waals surface area contributed by atoms with E-state index in [1.165, 1.54) is 47.4 Å². The quantitative estimate of drug-likeness (QED) is 0.377. The molecule has 2 aromatic carbocycles. The van der Waals surface area contributed by atoms with Gasteiger partial charge in [0.05, 0.1) is 11.6 Å². The second kappa shape index (κ2) is 9.07. The number of aromatic nitrogens is 2. The van der Waals surface area contributed by atoms with Crippen molar-refractivity contribution in [1.29, 1.82) is 5.26 Å². The molecule has 1 N–H and O–H groups in total. The van der Waals surface area contributed by atoms with Crippen LogP contribution in [-0.2, 0) is 10.5 Å². The first-order valence-corrected chi connectivity index (χ1v) is 9.62. The summed E-state index contributed by atoms with van der Waals surface area (Å²) in [6, 6.07) is 15.4. The molecule has 0 bridgehead atoms. The van der Waals surface area contributed by atoms with Crippen molar-refractivity contribution in [2.24, 2.45) is 0 Å². The van der Waals surface area contributed by atoms with Crippen molar-refractivity contribution in [1.82, 2.24) is 10.2 Å². The molecule has 5 nitrogen and oxygen atoms in total. The molecule has 0 aliphatic carbocycles. The van der Waals surface area contributed by atoms with Crippen LogP contribution in [0.3, 0.4) is 0 Å². The smallest absolute Gasteiger partial charge is 0.250 e. The second-order valence-corrected chi connectivity index (χ2v) is 7.55. The fraction of sp³-hybridized carbons (Fsp3) is 0.0526. The number of halogens is 1. The van der Waals surface area contributed by atoms with Gasteiger partial charge in [0.2, 0.25) is 11.0 Å². The van der Waals surface area contributed by atoms with Crippen molar-refractivity contribution >= 4 is 40.2 Å². The Bertz CT molecular complexity index is 1010. The van der Waals surface area contributed by atoms with Crippen LogP contribution in [0.15, 0.2) is 58.9 Å². The summed E-state index contributed by atoms with van der Waals surface area (Å²) in [7, 11) is 0. The predicted octanol–water partition coefficient (Wildman–Crippen LogP) is 4.49. The third-order valence-electron chi connectivity index (χ3n) is 3.36. The van der Waals surface area contributed by atoms with Gasteiger partial charge in [-0.2, -0.15) is 5.26 Å². The monoisotopic (exact) mass is 396 g/mol. The zero-order valence-electron chi connectivity index (χ0n) is 13.9. The van der Waals surface area contributed by atoms with Gasteiger partial charge in [-0.25, -0.2) is 4.39 Å². The standard InChI is InChI=1S/C19H13FN4OS2/c20-16-3-1-2-13(10-16)8-9-17(25)22-18-23-24-19(27-18)26-12-15-6-4-14(11-21)5-7-15/h1-10H,12H2,(H,22,23,25). The van der Waals surface area contributed by atoms with Crippen LogP contribution in [0.2, 0.25) is 0 Å². The number of hydrogen-bond acceptors (Lipinski definition) is 6. The number of nitriles is 1. The summed E-state index contributed by atoms with van der Waals surface area (Å²) in [5.74, 6) is -0.0296. The molecule has 0 spiro atoms. The van der Waals surface area contributed by atoms with Crippen LogP contribution in [0, 0.1) is 17.1 Å². The Morgan fingerprint density at radius 3 is 2.81 bits per heavy atom. The zero-order valence-corrected chi connectivity index (χ0v) is 15.6. The molecule has 0 fully saturated rings. The van der Waals surface area contributed by atoms with E-state index >= 15 is 0 Å². The summed E-state index contributed by atoms with van der Waals surface area (Å²) in [6.45, 7) is 0. The Morgan fingerprint density at radius 1 is 1.26 bits per heavy atom. The number of nitrogens with one attached hydrogen (secondary N) is 1. The lowest BCUT2D eigenvalue weighted by Crippen LogP contribution is -2.07. The van der Waals surface area contributed by atoms with Crippen LogP contribution in [0.5, 0.6) is 0 Å². The normalized spacial score (nSPS) is 10.7. The lowest BCUT2D eigenvalue weighted by molar-refractivity contribution is -0.111. The van der Waals surface area contributed by atoms with Gasteiger partial charge >= 0.3 is 0 Å². The number of anilines is 1. The first kappa shape index (κ1) is 18.8. The predicted molar refractivity (Wildman–Crippen MR) is 105 cm³/mol. The maximum absolute atomic E-state index is 13.1. The maximum atomic E-state index is 13.1. The number of carbonyl (C=O) groups is 1. The van der Waals surface area contributed by atoms with Gasteiger partial charge in [0.1, 0.15) is 5.82 Å². The minimum atomic E-state index is -0.362. The van der Waals surface area contributed by atoms with Gasteiger partial charge in [-0.1, -0.05) is 47.4 Å². The maximum Gasteiger partial charge on any atom is 0.250 e. The van der Waals surface area contributed by atoms with E-state index in [0.29, 0.717) is 22.0 Å². The average Bonchev–Trinajstić information content (AvgIpc) is 3.12. The van der Waals surface area contributed by atoms with E-state index < -0.39 is 0 Å². The molecule has 27 heavy (non-hydrogen) atoms. The fourth-order valence-corrected chi connectivity index (χ4v) is 3.78. The molecule has 0 saturated heterocycles. The number of thioether (sulfide) groups is 1. The molecule has 0 unspecified atom stereocenters. The largest absolute Gasteiger partial charge is 0.297 e. The van der Waals surface area contributed by atoms with Crippen molar-refractivity contribution < 1.29 is 9.18 Å². The molecule has 0 aliphatic heterocycles. The molecule has 1 aromatic heterocycles. The summed E-state index contributed by atoms with van der Waals surface area (Å²) in [5.41, 5.74) is 2.29. The van der Waals surface area contributed by atoms with E-state index in [0.717, 1.165) is 9.90 Å². The van der Waals surface area contributed by atoms with E-state index in [9.17, 15) is 9.18 Å². The summed E-state index contributed by atoms with van der Waals surface area (Å²) in [4.78, 5) is 11.9. The van der Waals surface area contributed by atoms with Crippen molar-refractivity contribution in [3.63, 3.8) is 0 Å². The van der Waals surface area contributed by atoms with Crippen LogP contribution in [-0.4, -0.2) is 16.1 Å². The molecular formula is C19H13FN4OS2. The number of nitrogens with zero attached hydrogens (tertiary/aromatic N) is 3. The lowest BCUT2D eigenvalue weighted by Gasteiger charge is -1.98. The van der Waals surface area contributed by atoms with Crippen LogP contribution in [0.4, 0.5) is 9.52 Å². The molecule has 0 aliphatic rings. The summed E-state index contributed by atoms with van der Waals surface area (Å²) in [6.07, 6.45) is 2.85. The summed E-state index contributed by atoms with van der Waals surface area (Å²) < 4.78 is 13.8. The van der Waals surface area contributed by atoms with Gasteiger partial charge in [-0.05, 0) is 41.5 Å². The minimum absolute atomic E-state index is 0.356. The van der Waals surface area contributed by atoms with Gasteiger partial charge in [0.15, 0.2) is 4.34 Å². The number of benzene rings is 2. The third kappa shape index (κ3) is 5.74. The van der Waals surface area contributed by atoms with E-state index in [1.54, 1.807) is 24.3 Å². The Labute approximate surface area is 163 Å². The topological polar surface area (TPSA) is 78.7 Å². The molecule has 3 aromatic rings. The Kier molecular flexibility index (Phi) is 6.30. The molecular weight excluding hydrogens is 383 g/mol. The fourth-order valence-electron chi connectivity index (χ4n) is 2.07. The zero-order chi connectivity index (χ0) is 19.1. The molecule has 0 radical (unpaired) electrons. The van der Waals surface area contributed by atoms with E-state index in [2.05, 4.69) is 21.6 Å². The van der Waals surface area contributed by atoms with E-state index in [1.807, 2.05) is 12.1 Å². The number of carbonyl (C=O) groups excluding carboxylic acids is 1. The number of hydrogen-bond donors (Lipinski definition) is 1. The van der Waals surface area contributed by atoms with Crippen molar-refractivity contribution in [3.05, 3.63) is 77.1 Å². The molecule has 1 amide bonds. The highest BCUT2D eigenvalue weighted by Crippen LogP contribution is 2.28. The van der Waals surface area contributed by atoms with Gasteiger partial charge in [-0.15, -0.1) is 10.2 Å². The minimum Gasteiger partial charge on any atom is -0.297 e. The Balaban J connectivity index is 1.52.